The van der Waals surface area contributed by atoms with Crippen LogP contribution in [0.5, 0.6) is 0 Å². The van der Waals surface area contributed by atoms with E-state index in [2.05, 4.69) is 52.4 Å². The van der Waals surface area contributed by atoms with E-state index in [4.69, 9.17) is 4.74 Å². The average Bonchev–Trinajstić information content (AvgIpc) is 2.17. The van der Waals surface area contributed by atoms with Crippen LogP contribution in [0.25, 0.3) is 0 Å². The average molecular weight is 259 g/mol. The Morgan fingerprint density at radius 1 is 1.36 bits per heavy atom. The molecular weight excluding hydrogens is 242 g/mol. The lowest BCUT2D eigenvalue weighted by molar-refractivity contribution is -0.702. The Labute approximate surface area is 93.8 Å². The lowest BCUT2D eigenvalue weighted by Gasteiger charge is -2.09. The van der Waals surface area contributed by atoms with Crippen LogP contribution in [0.4, 0.5) is 0 Å². The molecule has 0 aliphatic carbocycles. The molecular formula is C11H17BrNO+. The van der Waals surface area contributed by atoms with Crippen molar-refractivity contribution in [3.05, 3.63) is 34.3 Å². The topological polar surface area (TPSA) is 25.8 Å². The Bertz CT molecular complexity index is 260. The fourth-order valence-electron chi connectivity index (χ4n) is 1.29. The molecule has 0 bridgehead atoms. The zero-order valence-corrected chi connectivity index (χ0v) is 10.3. The van der Waals surface area contributed by atoms with Crippen LogP contribution in [-0.4, -0.2) is 19.8 Å². The molecule has 0 saturated carbocycles. The number of rotatable bonds is 5. The SMILES string of the molecule is COC[C@@H](C)[NH2+]Cc1ccc(Br)cc1. The van der Waals surface area contributed by atoms with Crippen molar-refractivity contribution in [1.82, 2.24) is 0 Å². The highest BCUT2D eigenvalue weighted by Crippen LogP contribution is 2.09. The van der Waals surface area contributed by atoms with E-state index in [0.717, 1.165) is 17.6 Å². The van der Waals surface area contributed by atoms with Crippen molar-refractivity contribution in [2.75, 3.05) is 13.7 Å². The van der Waals surface area contributed by atoms with E-state index in [1.54, 1.807) is 7.11 Å². The van der Waals surface area contributed by atoms with Crippen LogP contribution in [0.2, 0.25) is 0 Å². The largest absolute Gasteiger partial charge is 0.379 e. The molecule has 0 saturated heterocycles. The molecule has 0 aromatic heterocycles. The molecule has 1 rings (SSSR count). The van der Waals surface area contributed by atoms with E-state index >= 15 is 0 Å². The second kappa shape index (κ2) is 6.17. The summed E-state index contributed by atoms with van der Waals surface area (Å²) in [6.07, 6.45) is 0. The number of hydrogen-bond acceptors (Lipinski definition) is 1. The Kier molecular flexibility index (Phi) is 5.15. The third-order valence-corrected chi connectivity index (χ3v) is 2.63. The van der Waals surface area contributed by atoms with Gasteiger partial charge in [0.05, 0.1) is 6.61 Å². The predicted octanol–water partition coefficient (Wildman–Crippen LogP) is 1.55. The summed E-state index contributed by atoms with van der Waals surface area (Å²) in [7, 11) is 1.74. The summed E-state index contributed by atoms with van der Waals surface area (Å²) in [6.45, 7) is 3.98. The highest BCUT2D eigenvalue weighted by atomic mass is 79.9. The quantitative estimate of drug-likeness (QED) is 0.853. The smallest absolute Gasteiger partial charge is 0.107 e. The summed E-state index contributed by atoms with van der Waals surface area (Å²) in [6, 6.07) is 8.94. The minimum atomic E-state index is 0.517. The zero-order chi connectivity index (χ0) is 10.4. The van der Waals surface area contributed by atoms with Crippen LogP contribution in [0, 0.1) is 0 Å². The van der Waals surface area contributed by atoms with Crippen LogP contribution in [0.3, 0.4) is 0 Å². The molecule has 0 unspecified atom stereocenters. The molecule has 0 heterocycles. The fraction of sp³-hybridized carbons (Fsp3) is 0.455. The maximum Gasteiger partial charge on any atom is 0.107 e. The Hall–Kier alpha value is -0.380. The summed E-state index contributed by atoms with van der Waals surface area (Å²) < 4.78 is 6.20. The summed E-state index contributed by atoms with van der Waals surface area (Å²) in [4.78, 5) is 0. The molecule has 0 fully saturated rings. The van der Waals surface area contributed by atoms with E-state index in [-0.39, 0.29) is 0 Å². The van der Waals surface area contributed by atoms with Crippen molar-refractivity contribution in [3.8, 4) is 0 Å². The molecule has 1 aromatic carbocycles. The van der Waals surface area contributed by atoms with Gasteiger partial charge in [-0.3, -0.25) is 0 Å². The standard InChI is InChI=1S/C11H16BrNO/c1-9(8-14-2)13-7-10-3-5-11(12)6-4-10/h3-6,9,13H,7-8H2,1-2H3/p+1/t9-/m1/s1. The van der Waals surface area contributed by atoms with Gasteiger partial charge in [-0.1, -0.05) is 28.1 Å². The minimum Gasteiger partial charge on any atom is -0.379 e. The summed E-state index contributed by atoms with van der Waals surface area (Å²) in [5, 5.41) is 2.28. The van der Waals surface area contributed by atoms with E-state index in [9.17, 15) is 0 Å². The van der Waals surface area contributed by atoms with Gasteiger partial charge in [-0.05, 0) is 19.1 Å². The summed E-state index contributed by atoms with van der Waals surface area (Å²) in [5.41, 5.74) is 1.34. The van der Waals surface area contributed by atoms with Crippen molar-refractivity contribution < 1.29 is 10.1 Å². The molecule has 2 nitrogen and oxygen atoms in total. The minimum absolute atomic E-state index is 0.517. The van der Waals surface area contributed by atoms with Crippen LogP contribution in [0.1, 0.15) is 12.5 Å². The fourth-order valence-corrected chi connectivity index (χ4v) is 1.55. The van der Waals surface area contributed by atoms with Gasteiger partial charge in [-0.15, -0.1) is 0 Å². The number of halogens is 1. The van der Waals surface area contributed by atoms with Crippen molar-refractivity contribution >= 4 is 15.9 Å². The van der Waals surface area contributed by atoms with E-state index in [0.29, 0.717) is 6.04 Å². The molecule has 0 amide bonds. The van der Waals surface area contributed by atoms with E-state index < -0.39 is 0 Å². The molecule has 0 spiro atoms. The molecule has 78 valence electrons. The van der Waals surface area contributed by atoms with Crippen LogP contribution >= 0.6 is 15.9 Å². The van der Waals surface area contributed by atoms with Gasteiger partial charge in [0.25, 0.3) is 0 Å². The van der Waals surface area contributed by atoms with Gasteiger partial charge in [0, 0.05) is 17.1 Å². The van der Waals surface area contributed by atoms with Gasteiger partial charge in [-0.2, -0.15) is 0 Å². The van der Waals surface area contributed by atoms with Gasteiger partial charge in [-0.25, -0.2) is 0 Å². The number of methoxy groups -OCH3 is 1. The number of ether oxygens (including phenoxy) is 1. The van der Waals surface area contributed by atoms with Crippen molar-refractivity contribution in [2.45, 2.75) is 19.5 Å². The summed E-state index contributed by atoms with van der Waals surface area (Å²) >= 11 is 3.42. The maximum absolute atomic E-state index is 5.07. The number of hydrogen-bond donors (Lipinski definition) is 1. The zero-order valence-electron chi connectivity index (χ0n) is 8.66. The first-order chi connectivity index (χ1) is 6.72. The molecule has 0 aliphatic rings. The lowest BCUT2D eigenvalue weighted by Crippen LogP contribution is -2.88. The molecule has 1 atom stereocenters. The second-order valence-corrected chi connectivity index (χ2v) is 4.41. The van der Waals surface area contributed by atoms with Gasteiger partial charge >= 0.3 is 0 Å². The third kappa shape index (κ3) is 4.22. The van der Waals surface area contributed by atoms with Gasteiger partial charge in [0.2, 0.25) is 0 Å². The van der Waals surface area contributed by atoms with Crippen molar-refractivity contribution in [1.29, 1.82) is 0 Å². The van der Waals surface area contributed by atoms with Crippen LogP contribution in [-0.2, 0) is 11.3 Å². The Morgan fingerprint density at radius 3 is 2.57 bits per heavy atom. The molecule has 0 radical (unpaired) electrons. The van der Waals surface area contributed by atoms with Crippen molar-refractivity contribution in [3.63, 3.8) is 0 Å². The first-order valence-corrected chi connectivity index (χ1v) is 5.58. The number of quaternary nitrogens is 1. The molecule has 14 heavy (non-hydrogen) atoms. The van der Waals surface area contributed by atoms with Gasteiger partial charge in [0.15, 0.2) is 0 Å². The first-order valence-electron chi connectivity index (χ1n) is 4.79. The second-order valence-electron chi connectivity index (χ2n) is 3.50. The molecule has 0 aliphatic heterocycles. The molecule has 3 heteroatoms. The molecule has 1 aromatic rings. The van der Waals surface area contributed by atoms with Crippen LogP contribution < -0.4 is 5.32 Å². The normalized spacial score (nSPS) is 12.8. The number of nitrogens with two attached hydrogens (primary N) is 1. The lowest BCUT2D eigenvalue weighted by atomic mass is 10.2. The maximum atomic E-state index is 5.07. The van der Waals surface area contributed by atoms with E-state index in [1.807, 2.05) is 0 Å². The van der Waals surface area contributed by atoms with Crippen LogP contribution in [0.15, 0.2) is 28.7 Å². The Morgan fingerprint density at radius 2 is 2.00 bits per heavy atom. The van der Waals surface area contributed by atoms with Gasteiger partial charge < -0.3 is 10.1 Å². The highest BCUT2D eigenvalue weighted by molar-refractivity contribution is 9.10. The predicted molar refractivity (Wildman–Crippen MR) is 61.1 cm³/mol. The highest BCUT2D eigenvalue weighted by Gasteiger charge is 2.03. The third-order valence-electron chi connectivity index (χ3n) is 2.10. The summed E-state index contributed by atoms with van der Waals surface area (Å²) in [5.74, 6) is 0. The monoisotopic (exact) mass is 258 g/mol. The molecule has 2 N–H and O–H groups in total. The van der Waals surface area contributed by atoms with Crippen molar-refractivity contribution in [2.24, 2.45) is 0 Å². The number of benzene rings is 1. The van der Waals surface area contributed by atoms with Gasteiger partial charge in [0.1, 0.15) is 12.6 Å². The van der Waals surface area contributed by atoms with E-state index in [1.165, 1.54) is 5.56 Å². The first kappa shape index (κ1) is 11.7. The Balaban J connectivity index is 2.34.